The van der Waals surface area contributed by atoms with Gasteiger partial charge in [-0.1, -0.05) is 6.92 Å². The number of anilines is 1. The number of hydrogen-bond acceptors (Lipinski definition) is 4. The molecule has 1 aromatic carbocycles. The minimum atomic E-state index is 0.173. The minimum absolute atomic E-state index is 0.173. The smallest absolute Gasteiger partial charge is 0.163 e. The summed E-state index contributed by atoms with van der Waals surface area (Å²) in [6.45, 7) is 8.02. The van der Waals surface area contributed by atoms with Crippen molar-refractivity contribution in [2.24, 2.45) is 5.73 Å². The summed E-state index contributed by atoms with van der Waals surface area (Å²) < 4.78 is 11.1. The van der Waals surface area contributed by atoms with E-state index < -0.39 is 0 Å². The van der Waals surface area contributed by atoms with Gasteiger partial charge in [0.15, 0.2) is 11.5 Å². The van der Waals surface area contributed by atoms with Crippen LogP contribution in [0.3, 0.4) is 0 Å². The Morgan fingerprint density at radius 3 is 2.39 bits per heavy atom. The SMILES string of the molecule is CCOc1ccc(NC[C@@H](N)CC)cc1OCC. The first-order valence-electron chi connectivity index (χ1n) is 6.60. The van der Waals surface area contributed by atoms with Gasteiger partial charge in [0.25, 0.3) is 0 Å². The molecule has 0 bridgehead atoms. The van der Waals surface area contributed by atoms with E-state index in [1.807, 2.05) is 32.0 Å². The van der Waals surface area contributed by atoms with Gasteiger partial charge in [-0.3, -0.25) is 0 Å². The number of rotatable bonds is 8. The molecule has 1 aromatic rings. The molecule has 3 N–H and O–H groups in total. The lowest BCUT2D eigenvalue weighted by atomic mass is 10.2. The predicted octanol–water partition coefficient (Wildman–Crippen LogP) is 2.63. The first-order chi connectivity index (χ1) is 8.71. The van der Waals surface area contributed by atoms with Crippen LogP contribution in [0.1, 0.15) is 27.2 Å². The Labute approximate surface area is 109 Å². The fraction of sp³-hybridized carbons (Fsp3) is 0.571. The van der Waals surface area contributed by atoms with Gasteiger partial charge in [-0.15, -0.1) is 0 Å². The zero-order valence-electron chi connectivity index (χ0n) is 11.5. The summed E-state index contributed by atoms with van der Waals surface area (Å²) in [6.07, 6.45) is 0.961. The van der Waals surface area contributed by atoms with Crippen LogP contribution in [0.2, 0.25) is 0 Å². The zero-order chi connectivity index (χ0) is 13.4. The molecule has 0 spiro atoms. The summed E-state index contributed by atoms with van der Waals surface area (Å²) in [6, 6.07) is 6.04. The highest BCUT2D eigenvalue weighted by Gasteiger charge is 2.06. The molecule has 0 unspecified atom stereocenters. The largest absolute Gasteiger partial charge is 0.490 e. The molecule has 0 heterocycles. The van der Waals surface area contributed by atoms with Crippen LogP contribution in [0.5, 0.6) is 11.5 Å². The van der Waals surface area contributed by atoms with Crippen molar-refractivity contribution in [3.05, 3.63) is 18.2 Å². The van der Waals surface area contributed by atoms with Gasteiger partial charge in [-0.05, 0) is 32.4 Å². The van der Waals surface area contributed by atoms with Gasteiger partial charge < -0.3 is 20.5 Å². The summed E-state index contributed by atoms with van der Waals surface area (Å²) in [7, 11) is 0. The number of ether oxygens (including phenoxy) is 2. The van der Waals surface area contributed by atoms with E-state index in [4.69, 9.17) is 15.2 Å². The summed E-state index contributed by atoms with van der Waals surface area (Å²) in [5.41, 5.74) is 6.88. The van der Waals surface area contributed by atoms with E-state index >= 15 is 0 Å². The normalized spacial score (nSPS) is 12.0. The molecule has 0 aliphatic carbocycles. The van der Waals surface area contributed by atoms with Gasteiger partial charge in [0.05, 0.1) is 13.2 Å². The third-order valence-corrected chi connectivity index (χ3v) is 2.64. The van der Waals surface area contributed by atoms with Crippen molar-refractivity contribution in [2.45, 2.75) is 33.2 Å². The van der Waals surface area contributed by atoms with E-state index in [9.17, 15) is 0 Å². The first kappa shape index (κ1) is 14.6. The molecule has 4 heteroatoms. The van der Waals surface area contributed by atoms with Crippen molar-refractivity contribution in [3.63, 3.8) is 0 Å². The molecule has 0 saturated carbocycles. The lowest BCUT2D eigenvalue weighted by molar-refractivity contribution is 0.288. The Kier molecular flexibility index (Phi) is 6.36. The molecule has 0 aliphatic rings. The molecule has 0 fully saturated rings. The molecule has 0 aliphatic heterocycles. The molecule has 102 valence electrons. The van der Waals surface area contributed by atoms with Crippen molar-refractivity contribution < 1.29 is 9.47 Å². The average molecular weight is 252 g/mol. The molecule has 0 amide bonds. The van der Waals surface area contributed by atoms with E-state index in [-0.39, 0.29) is 6.04 Å². The van der Waals surface area contributed by atoms with E-state index in [0.29, 0.717) is 13.2 Å². The van der Waals surface area contributed by atoms with Crippen molar-refractivity contribution in [1.29, 1.82) is 0 Å². The van der Waals surface area contributed by atoms with E-state index in [2.05, 4.69) is 12.2 Å². The van der Waals surface area contributed by atoms with E-state index in [0.717, 1.165) is 30.2 Å². The Morgan fingerprint density at radius 2 is 1.78 bits per heavy atom. The van der Waals surface area contributed by atoms with Crippen LogP contribution < -0.4 is 20.5 Å². The van der Waals surface area contributed by atoms with Crippen LogP contribution in [-0.4, -0.2) is 25.8 Å². The minimum Gasteiger partial charge on any atom is -0.490 e. The van der Waals surface area contributed by atoms with Crippen LogP contribution in [0, 0.1) is 0 Å². The Balaban J connectivity index is 2.72. The second kappa shape index (κ2) is 7.82. The van der Waals surface area contributed by atoms with E-state index in [1.54, 1.807) is 0 Å². The summed E-state index contributed by atoms with van der Waals surface area (Å²) in [4.78, 5) is 0. The second-order valence-electron chi connectivity index (χ2n) is 4.08. The number of nitrogens with one attached hydrogen (secondary N) is 1. The molecule has 1 atom stereocenters. The number of nitrogens with two attached hydrogens (primary N) is 1. The zero-order valence-corrected chi connectivity index (χ0v) is 11.5. The Bertz CT molecular complexity index is 356. The molecule has 4 nitrogen and oxygen atoms in total. The predicted molar refractivity (Wildman–Crippen MR) is 75.5 cm³/mol. The molecule has 18 heavy (non-hydrogen) atoms. The van der Waals surface area contributed by atoms with Crippen LogP contribution in [0.15, 0.2) is 18.2 Å². The summed E-state index contributed by atoms with van der Waals surface area (Å²) in [5, 5.41) is 3.30. The molecular formula is C14H24N2O2. The highest BCUT2D eigenvalue weighted by atomic mass is 16.5. The van der Waals surface area contributed by atoms with Crippen molar-refractivity contribution in [2.75, 3.05) is 25.1 Å². The second-order valence-corrected chi connectivity index (χ2v) is 4.08. The Hall–Kier alpha value is -1.42. The van der Waals surface area contributed by atoms with Crippen molar-refractivity contribution in [3.8, 4) is 11.5 Å². The maximum Gasteiger partial charge on any atom is 0.163 e. The fourth-order valence-corrected chi connectivity index (χ4v) is 1.55. The van der Waals surface area contributed by atoms with Crippen LogP contribution >= 0.6 is 0 Å². The average Bonchev–Trinajstić information content (AvgIpc) is 2.39. The Morgan fingerprint density at radius 1 is 1.11 bits per heavy atom. The molecule has 0 saturated heterocycles. The fourth-order valence-electron chi connectivity index (χ4n) is 1.55. The highest BCUT2D eigenvalue weighted by molar-refractivity contribution is 5.54. The van der Waals surface area contributed by atoms with Crippen LogP contribution in [-0.2, 0) is 0 Å². The quantitative estimate of drug-likeness (QED) is 0.746. The summed E-state index contributed by atoms with van der Waals surface area (Å²) >= 11 is 0. The van der Waals surface area contributed by atoms with Gasteiger partial charge >= 0.3 is 0 Å². The molecule has 0 radical (unpaired) electrons. The maximum atomic E-state index is 5.88. The standard InChI is InChI=1S/C14H24N2O2/c1-4-11(15)10-16-12-7-8-13(17-5-2)14(9-12)18-6-3/h7-9,11,16H,4-6,10,15H2,1-3H3/t11-/m0/s1. The van der Waals surface area contributed by atoms with Gasteiger partial charge in [-0.2, -0.15) is 0 Å². The van der Waals surface area contributed by atoms with E-state index in [1.165, 1.54) is 0 Å². The third kappa shape index (κ3) is 4.45. The first-order valence-corrected chi connectivity index (χ1v) is 6.60. The van der Waals surface area contributed by atoms with Gasteiger partial charge in [0, 0.05) is 24.3 Å². The monoisotopic (exact) mass is 252 g/mol. The maximum absolute atomic E-state index is 5.88. The van der Waals surface area contributed by atoms with Gasteiger partial charge in [0.2, 0.25) is 0 Å². The number of hydrogen-bond donors (Lipinski definition) is 2. The lowest BCUT2D eigenvalue weighted by Crippen LogP contribution is -2.27. The third-order valence-electron chi connectivity index (χ3n) is 2.64. The van der Waals surface area contributed by atoms with Gasteiger partial charge in [0.1, 0.15) is 0 Å². The number of benzene rings is 1. The van der Waals surface area contributed by atoms with Crippen LogP contribution in [0.4, 0.5) is 5.69 Å². The van der Waals surface area contributed by atoms with Gasteiger partial charge in [-0.25, -0.2) is 0 Å². The highest BCUT2D eigenvalue weighted by Crippen LogP contribution is 2.30. The van der Waals surface area contributed by atoms with Crippen LogP contribution in [0.25, 0.3) is 0 Å². The van der Waals surface area contributed by atoms with Crippen molar-refractivity contribution in [1.82, 2.24) is 0 Å². The molecule has 0 aromatic heterocycles. The topological polar surface area (TPSA) is 56.5 Å². The molecular weight excluding hydrogens is 228 g/mol. The molecule has 1 rings (SSSR count). The van der Waals surface area contributed by atoms with Crippen molar-refractivity contribution >= 4 is 5.69 Å². The lowest BCUT2D eigenvalue weighted by Gasteiger charge is -2.15. The summed E-state index contributed by atoms with van der Waals surface area (Å²) in [5.74, 6) is 1.55.